The summed E-state index contributed by atoms with van der Waals surface area (Å²) in [4.78, 5) is 2.52. The van der Waals surface area contributed by atoms with E-state index in [4.69, 9.17) is 16.3 Å². The van der Waals surface area contributed by atoms with Crippen LogP contribution >= 0.6 is 11.6 Å². The lowest BCUT2D eigenvalue weighted by Crippen LogP contribution is -2.45. The van der Waals surface area contributed by atoms with Crippen LogP contribution in [-0.2, 0) is 10.0 Å². The van der Waals surface area contributed by atoms with Gasteiger partial charge in [0.05, 0.1) is 4.90 Å². The number of piperidine rings is 1. The lowest BCUT2D eigenvalue weighted by atomic mass is 10.1. The molecule has 0 bridgehead atoms. The van der Waals surface area contributed by atoms with Crippen LogP contribution in [0, 0.1) is 0 Å². The summed E-state index contributed by atoms with van der Waals surface area (Å²) in [6.07, 6.45) is 1.53. The minimum Gasteiger partial charge on any atom is -0.492 e. The minimum absolute atomic E-state index is 0.0741. The van der Waals surface area contributed by atoms with Gasteiger partial charge < -0.3 is 4.74 Å². The van der Waals surface area contributed by atoms with Gasteiger partial charge in [-0.2, -0.15) is 0 Å². The molecule has 1 aliphatic rings. The molecule has 1 aliphatic heterocycles. The van der Waals surface area contributed by atoms with Crippen molar-refractivity contribution in [3.8, 4) is 16.9 Å². The molecule has 1 saturated heterocycles. The number of sulfonamides is 1. The maximum Gasteiger partial charge on any atom is 0.240 e. The molecule has 32 heavy (non-hydrogen) atoms. The van der Waals surface area contributed by atoms with Gasteiger partial charge in [-0.15, -0.1) is 0 Å². The molecule has 0 unspecified atom stereocenters. The average Bonchev–Trinajstić information content (AvgIpc) is 2.81. The Morgan fingerprint density at radius 1 is 0.938 bits per heavy atom. The normalized spacial score (nSPS) is 15.5. The molecule has 1 heterocycles. The van der Waals surface area contributed by atoms with Crippen molar-refractivity contribution >= 4 is 21.6 Å². The first-order valence-electron chi connectivity index (χ1n) is 10.8. The van der Waals surface area contributed by atoms with Crippen molar-refractivity contribution < 1.29 is 13.2 Å². The number of benzene rings is 3. The quantitative estimate of drug-likeness (QED) is 0.512. The summed E-state index contributed by atoms with van der Waals surface area (Å²) in [5.74, 6) is 0.878. The summed E-state index contributed by atoms with van der Waals surface area (Å²) >= 11 is 5.94. The number of likely N-dealkylation sites (tertiary alicyclic amines) is 1. The molecule has 7 heteroatoms. The van der Waals surface area contributed by atoms with Crippen molar-refractivity contribution in [3.05, 3.63) is 83.9 Å². The fraction of sp³-hybridized carbons (Fsp3) is 0.280. The summed E-state index contributed by atoms with van der Waals surface area (Å²) in [6, 6.07) is 24.6. The van der Waals surface area contributed by atoms with Crippen LogP contribution in [0.3, 0.4) is 0 Å². The maximum absolute atomic E-state index is 12.6. The van der Waals surface area contributed by atoms with Gasteiger partial charge >= 0.3 is 0 Å². The first-order chi connectivity index (χ1) is 15.5. The highest BCUT2D eigenvalue weighted by molar-refractivity contribution is 7.89. The van der Waals surface area contributed by atoms with Gasteiger partial charge in [0.1, 0.15) is 12.4 Å². The third-order valence-electron chi connectivity index (χ3n) is 5.65. The van der Waals surface area contributed by atoms with Gasteiger partial charge in [0.15, 0.2) is 0 Å². The highest BCUT2D eigenvalue weighted by Gasteiger charge is 2.24. The molecular weight excluding hydrogens is 444 g/mol. The molecule has 0 atom stereocenters. The number of hydrogen-bond donors (Lipinski definition) is 1. The Hall–Kier alpha value is -2.38. The molecule has 1 N–H and O–H groups in total. The summed E-state index contributed by atoms with van der Waals surface area (Å²) < 4.78 is 34.1. The molecule has 1 fully saturated rings. The topological polar surface area (TPSA) is 58.6 Å². The van der Waals surface area contributed by atoms with Gasteiger partial charge in [0.25, 0.3) is 0 Å². The van der Waals surface area contributed by atoms with Crippen LogP contribution < -0.4 is 9.46 Å². The van der Waals surface area contributed by atoms with E-state index in [0.29, 0.717) is 11.6 Å². The van der Waals surface area contributed by atoms with Gasteiger partial charge in [0, 0.05) is 23.2 Å². The monoisotopic (exact) mass is 470 g/mol. The lowest BCUT2D eigenvalue weighted by Gasteiger charge is -2.32. The van der Waals surface area contributed by atoms with Crippen LogP contribution in [0.2, 0.25) is 5.02 Å². The predicted octanol–water partition coefficient (Wildman–Crippen LogP) is 4.83. The Kier molecular flexibility index (Phi) is 7.48. The van der Waals surface area contributed by atoms with Gasteiger partial charge in [-0.05, 0) is 55.8 Å². The van der Waals surface area contributed by atoms with E-state index in [0.717, 1.165) is 49.4 Å². The summed E-state index contributed by atoms with van der Waals surface area (Å²) in [5.41, 5.74) is 2.22. The zero-order valence-corrected chi connectivity index (χ0v) is 19.4. The van der Waals surface area contributed by atoms with E-state index in [-0.39, 0.29) is 10.9 Å². The number of halogens is 1. The number of nitrogens with one attached hydrogen (secondary N) is 1. The molecule has 4 rings (SSSR count). The highest BCUT2D eigenvalue weighted by atomic mass is 35.5. The second-order valence-corrected chi connectivity index (χ2v) is 10.1. The zero-order valence-electron chi connectivity index (χ0n) is 17.8. The SMILES string of the molecule is O=S(=O)(NC1CCN(CCOc2ccccc2-c2ccccc2)CC1)c1cccc(Cl)c1. The first kappa shape index (κ1) is 22.8. The van der Waals surface area contributed by atoms with Crippen molar-refractivity contribution in [3.63, 3.8) is 0 Å². The number of nitrogens with zero attached hydrogens (tertiary/aromatic N) is 1. The third kappa shape index (κ3) is 5.90. The molecule has 3 aromatic carbocycles. The average molecular weight is 471 g/mol. The summed E-state index contributed by atoms with van der Waals surface area (Å²) in [7, 11) is -3.56. The second-order valence-electron chi connectivity index (χ2n) is 7.91. The summed E-state index contributed by atoms with van der Waals surface area (Å²) in [6.45, 7) is 3.04. The van der Waals surface area contributed by atoms with Gasteiger partial charge in [-0.3, -0.25) is 4.90 Å². The lowest BCUT2D eigenvalue weighted by molar-refractivity contribution is 0.171. The fourth-order valence-corrected chi connectivity index (χ4v) is 5.53. The van der Waals surface area contributed by atoms with Crippen LogP contribution in [0.5, 0.6) is 5.75 Å². The van der Waals surface area contributed by atoms with Crippen LogP contribution in [0.1, 0.15) is 12.8 Å². The Balaban J connectivity index is 1.26. The Morgan fingerprint density at radius 3 is 2.41 bits per heavy atom. The van der Waals surface area contributed by atoms with Gasteiger partial charge in [-0.1, -0.05) is 66.2 Å². The minimum atomic E-state index is -3.56. The predicted molar refractivity (Wildman–Crippen MR) is 129 cm³/mol. The zero-order chi connectivity index (χ0) is 22.4. The van der Waals surface area contributed by atoms with Gasteiger partial charge in [-0.25, -0.2) is 13.1 Å². The molecule has 0 saturated carbocycles. The fourth-order valence-electron chi connectivity index (χ4n) is 3.93. The molecule has 0 aromatic heterocycles. The van der Waals surface area contributed by atoms with Crippen molar-refractivity contribution in [2.24, 2.45) is 0 Å². The van der Waals surface area contributed by atoms with E-state index in [9.17, 15) is 8.42 Å². The largest absolute Gasteiger partial charge is 0.492 e. The number of para-hydroxylation sites is 1. The summed E-state index contributed by atoms with van der Waals surface area (Å²) in [5, 5.41) is 0.413. The number of rotatable bonds is 8. The van der Waals surface area contributed by atoms with E-state index in [1.165, 1.54) is 6.07 Å². The third-order valence-corrected chi connectivity index (χ3v) is 7.41. The molecule has 0 amide bonds. The van der Waals surface area contributed by atoms with Crippen molar-refractivity contribution in [2.75, 3.05) is 26.2 Å². The van der Waals surface area contributed by atoms with Gasteiger partial charge in [0.2, 0.25) is 10.0 Å². The number of ether oxygens (including phenoxy) is 1. The smallest absolute Gasteiger partial charge is 0.240 e. The molecule has 5 nitrogen and oxygen atoms in total. The number of hydrogen-bond acceptors (Lipinski definition) is 4. The maximum atomic E-state index is 12.6. The first-order valence-corrected chi connectivity index (χ1v) is 12.6. The standard InChI is InChI=1S/C25H27ClN2O3S/c26-21-9-6-10-23(19-21)32(29,30)27-22-13-15-28(16-14-22)17-18-31-25-12-5-4-11-24(25)20-7-2-1-3-8-20/h1-12,19,22,27H,13-18H2. The van der Waals surface area contributed by atoms with E-state index < -0.39 is 10.0 Å². The van der Waals surface area contributed by atoms with Crippen molar-refractivity contribution in [1.29, 1.82) is 0 Å². The van der Waals surface area contributed by atoms with Crippen LogP contribution in [0.4, 0.5) is 0 Å². The van der Waals surface area contributed by atoms with Crippen LogP contribution in [-0.4, -0.2) is 45.6 Å². The van der Waals surface area contributed by atoms with E-state index in [2.05, 4.69) is 27.8 Å². The molecule has 0 spiro atoms. The van der Waals surface area contributed by atoms with Crippen LogP contribution in [0.25, 0.3) is 11.1 Å². The van der Waals surface area contributed by atoms with Crippen molar-refractivity contribution in [1.82, 2.24) is 9.62 Å². The molecular formula is C25H27ClN2O3S. The van der Waals surface area contributed by atoms with E-state index >= 15 is 0 Å². The Morgan fingerprint density at radius 2 is 1.66 bits per heavy atom. The molecule has 0 aliphatic carbocycles. The Bertz CT molecular complexity index is 1130. The van der Waals surface area contributed by atoms with E-state index in [1.54, 1.807) is 18.2 Å². The second kappa shape index (κ2) is 10.5. The molecule has 3 aromatic rings. The highest BCUT2D eigenvalue weighted by Crippen LogP contribution is 2.29. The molecule has 168 valence electrons. The van der Waals surface area contributed by atoms with E-state index in [1.807, 2.05) is 36.4 Å². The Labute approximate surface area is 195 Å². The molecule has 0 radical (unpaired) electrons. The van der Waals surface area contributed by atoms with Crippen LogP contribution in [0.15, 0.2) is 83.8 Å². The van der Waals surface area contributed by atoms with Crippen molar-refractivity contribution in [2.45, 2.75) is 23.8 Å².